The number of Topliss-reactive ketones (excluding diaryl/α,β-unsaturated/α-hetero) is 1. The van der Waals surface area contributed by atoms with Gasteiger partial charge in [-0.05, 0) is 35.6 Å². The molecule has 0 fully saturated rings. The molecule has 0 N–H and O–H groups in total. The lowest BCUT2D eigenvalue weighted by atomic mass is 9.86. The normalized spacial score (nSPS) is 18.4. The van der Waals surface area contributed by atoms with Crippen LogP contribution in [0.3, 0.4) is 0 Å². The fourth-order valence-corrected chi connectivity index (χ4v) is 2.80. The van der Waals surface area contributed by atoms with Crippen LogP contribution in [0, 0.1) is 6.92 Å². The van der Waals surface area contributed by atoms with Crippen molar-refractivity contribution in [3.05, 3.63) is 33.3 Å². The van der Waals surface area contributed by atoms with Crippen LogP contribution in [0.5, 0.6) is 0 Å². The lowest BCUT2D eigenvalue weighted by Gasteiger charge is -2.18. The molecule has 0 amide bonds. The van der Waals surface area contributed by atoms with E-state index in [4.69, 9.17) is 0 Å². The maximum Gasteiger partial charge on any atom is 0.164 e. The van der Waals surface area contributed by atoms with Crippen LogP contribution in [0.1, 0.15) is 41.8 Å². The number of aryl methyl sites for hydroxylation is 1. The summed E-state index contributed by atoms with van der Waals surface area (Å²) < 4.78 is 1.07. The number of fused-ring (bicyclic) bond motifs is 1. The second-order valence-corrected chi connectivity index (χ2v) is 5.54. The van der Waals surface area contributed by atoms with Gasteiger partial charge in [0.25, 0.3) is 0 Å². The third-order valence-corrected chi connectivity index (χ3v) is 3.37. The molecule has 0 unspecified atom stereocenters. The Morgan fingerprint density at radius 3 is 2.64 bits per heavy atom. The van der Waals surface area contributed by atoms with Gasteiger partial charge in [-0.25, -0.2) is 0 Å². The van der Waals surface area contributed by atoms with Crippen molar-refractivity contribution in [2.45, 2.75) is 32.6 Å². The Morgan fingerprint density at radius 1 is 1.36 bits per heavy atom. The van der Waals surface area contributed by atoms with Crippen molar-refractivity contribution in [2.24, 2.45) is 0 Å². The van der Waals surface area contributed by atoms with Crippen LogP contribution in [-0.4, -0.2) is 5.78 Å². The summed E-state index contributed by atoms with van der Waals surface area (Å²) in [6.45, 7) is 6.26. The Bertz CT molecular complexity index is 419. The van der Waals surface area contributed by atoms with Gasteiger partial charge in [-0.3, -0.25) is 4.79 Å². The topological polar surface area (TPSA) is 17.1 Å². The van der Waals surface area contributed by atoms with E-state index in [1.165, 1.54) is 5.56 Å². The summed E-state index contributed by atoms with van der Waals surface area (Å²) in [5, 5.41) is 0. The zero-order chi connectivity index (χ0) is 10.5. The second-order valence-electron chi connectivity index (χ2n) is 4.63. The lowest BCUT2D eigenvalue weighted by Crippen LogP contribution is -2.12. The van der Waals surface area contributed by atoms with Crippen molar-refractivity contribution in [2.75, 3.05) is 0 Å². The van der Waals surface area contributed by atoms with Crippen molar-refractivity contribution >= 4 is 21.7 Å². The number of hydrogen-bond acceptors (Lipinski definition) is 1. The van der Waals surface area contributed by atoms with Crippen LogP contribution in [-0.2, 0) is 5.41 Å². The van der Waals surface area contributed by atoms with Gasteiger partial charge < -0.3 is 0 Å². The molecule has 0 aliphatic heterocycles. The molecular weight excluding hydrogens is 240 g/mol. The monoisotopic (exact) mass is 252 g/mol. The van der Waals surface area contributed by atoms with E-state index in [9.17, 15) is 4.79 Å². The highest BCUT2D eigenvalue weighted by atomic mass is 79.9. The molecule has 2 rings (SSSR count). The lowest BCUT2D eigenvalue weighted by molar-refractivity contribution is 0.0979. The molecule has 0 radical (unpaired) electrons. The summed E-state index contributed by atoms with van der Waals surface area (Å²) >= 11 is 3.48. The Balaban J connectivity index is 2.75. The van der Waals surface area contributed by atoms with Gasteiger partial charge in [0.05, 0.1) is 0 Å². The van der Waals surface area contributed by atoms with Gasteiger partial charge in [-0.15, -0.1) is 0 Å². The average Bonchev–Trinajstić information content (AvgIpc) is 2.21. The fraction of sp³-hybridized carbons (Fsp3) is 0.417. The molecule has 1 aromatic rings. The maximum atomic E-state index is 11.8. The van der Waals surface area contributed by atoms with E-state index in [1.54, 1.807) is 0 Å². The molecule has 0 spiro atoms. The first-order valence-corrected chi connectivity index (χ1v) is 5.55. The largest absolute Gasteiger partial charge is 0.294 e. The smallest absolute Gasteiger partial charge is 0.164 e. The van der Waals surface area contributed by atoms with Gasteiger partial charge in [-0.1, -0.05) is 29.8 Å². The minimum atomic E-state index is 0.000949. The molecule has 0 saturated carbocycles. The summed E-state index contributed by atoms with van der Waals surface area (Å²) in [6, 6.07) is 4.09. The fourth-order valence-electron chi connectivity index (χ4n) is 2.23. The Hall–Kier alpha value is -0.630. The van der Waals surface area contributed by atoms with E-state index in [-0.39, 0.29) is 11.2 Å². The molecule has 14 heavy (non-hydrogen) atoms. The first-order valence-electron chi connectivity index (χ1n) is 4.75. The predicted octanol–water partition coefficient (Wildman–Crippen LogP) is 3.62. The molecule has 1 aromatic carbocycles. The van der Waals surface area contributed by atoms with Gasteiger partial charge in [0.1, 0.15) is 0 Å². The Kier molecular flexibility index (Phi) is 2.07. The van der Waals surface area contributed by atoms with E-state index in [1.807, 2.05) is 13.0 Å². The highest BCUT2D eigenvalue weighted by Gasteiger charge is 2.36. The van der Waals surface area contributed by atoms with E-state index in [2.05, 4.69) is 35.8 Å². The molecule has 0 saturated heterocycles. The molecule has 1 aliphatic rings. The van der Waals surface area contributed by atoms with Gasteiger partial charge in [-0.2, -0.15) is 0 Å². The number of hydrogen-bond donors (Lipinski definition) is 0. The molecule has 0 bridgehead atoms. The van der Waals surface area contributed by atoms with Gasteiger partial charge >= 0.3 is 0 Å². The number of carbonyl (C=O) groups is 1. The second kappa shape index (κ2) is 2.93. The number of halogens is 1. The maximum absolute atomic E-state index is 11.8. The van der Waals surface area contributed by atoms with Crippen molar-refractivity contribution in [3.63, 3.8) is 0 Å². The third kappa shape index (κ3) is 1.33. The molecule has 0 heterocycles. The van der Waals surface area contributed by atoms with Crippen LogP contribution in [0.25, 0.3) is 0 Å². The number of ketones is 1. The van der Waals surface area contributed by atoms with Crippen molar-refractivity contribution < 1.29 is 4.79 Å². The van der Waals surface area contributed by atoms with Crippen molar-refractivity contribution in [1.29, 1.82) is 0 Å². The zero-order valence-corrected chi connectivity index (χ0v) is 10.2. The van der Waals surface area contributed by atoms with Crippen LogP contribution in [0.2, 0.25) is 0 Å². The van der Waals surface area contributed by atoms with Crippen LogP contribution >= 0.6 is 15.9 Å². The minimum Gasteiger partial charge on any atom is -0.294 e. The molecule has 2 heteroatoms. The Morgan fingerprint density at radius 2 is 2.00 bits per heavy atom. The highest BCUT2D eigenvalue weighted by molar-refractivity contribution is 9.10. The van der Waals surface area contributed by atoms with E-state index in [0.29, 0.717) is 6.42 Å². The first-order chi connectivity index (χ1) is 6.42. The molecule has 0 aromatic heterocycles. The van der Waals surface area contributed by atoms with Crippen molar-refractivity contribution in [3.8, 4) is 0 Å². The summed E-state index contributed by atoms with van der Waals surface area (Å²) in [4.78, 5) is 11.8. The van der Waals surface area contributed by atoms with Gasteiger partial charge in [0.15, 0.2) is 5.78 Å². The van der Waals surface area contributed by atoms with Gasteiger partial charge in [0, 0.05) is 16.5 Å². The third-order valence-electron chi connectivity index (χ3n) is 2.91. The number of carbonyl (C=O) groups excluding carboxylic acids is 1. The highest BCUT2D eigenvalue weighted by Crippen LogP contribution is 2.40. The summed E-state index contributed by atoms with van der Waals surface area (Å²) in [5.41, 5.74) is 3.22. The van der Waals surface area contributed by atoms with Crippen LogP contribution < -0.4 is 0 Å². The summed E-state index contributed by atoms with van der Waals surface area (Å²) in [7, 11) is 0. The van der Waals surface area contributed by atoms with Crippen LogP contribution in [0.4, 0.5) is 0 Å². The SMILES string of the molecule is Cc1cc(Br)cc2c1C(=O)CC2(C)C. The number of rotatable bonds is 0. The minimum absolute atomic E-state index is 0.000949. The molecule has 0 atom stereocenters. The van der Waals surface area contributed by atoms with Gasteiger partial charge in [0.2, 0.25) is 0 Å². The van der Waals surface area contributed by atoms with E-state index >= 15 is 0 Å². The number of benzene rings is 1. The quantitative estimate of drug-likeness (QED) is 0.690. The summed E-state index contributed by atoms with van der Waals surface area (Å²) in [6.07, 6.45) is 0.639. The molecular formula is C12H13BrO. The summed E-state index contributed by atoms with van der Waals surface area (Å²) in [5.74, 6) is 0.287. The zero-order valence-electron chi connectivity index (χ0n) is 8.65. The van der Waals surface area contributed by atoms with Crippen LogP contribution in [0.15, 0.2) is 16.6 Å². The van der Waals surface area contributed by atoms with Crippen molar-refractivity contribution in [1.82, 2.24) is 0 Å². The van der Waals surface area contributed by atoms with E-state index in [0.717, 1.165) is 15.6 Å². The average molecular weight is 253 g/mol. The van der Waals surface area contributed by atoms with E-state index < -0.39 is 0 Å². The predicted molar refractivity (Wildman–Crippen MR) is 60.9 cm³/mol. The molecule has 1 nitrogen and oxygen atoms in total. The first kappa shape index (κ1) is 9.91. The standard InChI is InChI=1S/C12H13BrO/c1-7-4-8(13)5-9-11(7)10(14)6-12(9,2)3/h4-5H,6H2,1-3H3. The Labute approximate surface area is 92.6 Å². The molecule has 74 valence electrons. The molecule has 1 aliphatic carbocycles.